The van der Waals surface area contributed by atoms with E-state index in [2.05, 4.69) is 0 Å². The molecule has 0 radical (unpaired) electrons. The van der Waals surface area contributed by atoms with E-state index in [1.807, 2.05) is 13.0 Å². The van der Waals surface area contributed by atoms with E-state index in [0.717, 1.165) is 24.8 Å². The van der Waals surface area contributed by atoms with Crippen LogP contribution in [0, 0.1) is 10.1 Å². The summed E-state index contributed by atoms with van der Waals surface area (Å²) < 4.78 is 5.46. The molecule has 0 saturated heterocycles. The first-order valence-electron chi connectivity index (χ1n) is 5.73. The quantitative estimate of drug-likeness (QED) is 0.660. The molecule has 2 N–H and O–H groups in total. The molecule has 0 atom stereocenters. The van der Waals surface area contributed by atoms with Crippen LogP contribution in [-0.2, 0) is 6.42 Å². The zero-order valence-electron chi connectivity index (χ0n) is 10.2. The maximum atomic E-state index is 10.9. The molecule has 1 fully saturated rings. The van der Waals surface area contributed by atoms with Gasteiger partial charge in [-0.05, 0) is 30.9 Å². The molecule has 100 valence electrons. The van der Waals surface area contributed by atoms with E-state index in [0.29, 0.717) is 12.4 Å². The number of rotatable bonds is 5. The number of halogens is 1. The highest BCUT2D eigenvalue weighted by molar-refractivity contribution is 5.85. The Labute approximate surface area is 112 Å². The summed E-state index contributed by atoms with van der Waals surface area (Å²) >= 11 is 0. The van der Waals surface area contributed by atoms with E-state index < -0.39 is 4.92 Å². The van der Waals surface area contributed by atoms with Crippen molar-refractivity contribution < 1.29 is 9.66 Å². The number of hydrogen-bond acceptors (Lipinski definition) is 4. The Morgan fingerprint density at radius 1 is 1.50 bits per heavy atom. The average molecular weight is 273 g/mol. The van der Waals surface area contributed by atoms with Crippen molar-refractivity contribution in [3.8, 4) is 5.75 Å². The zero-order chi connectivity index (χ0) is 12.5. The normalized spacial score (nSPS) is 15.7. The topological polar surface area (TPSA) is 78.4 Å². The third-order valence-electron chi connectivity index (χ3n) is 3.04. The van der Waals surface area contributed by atoms with Gasteiger partial charge in [0.25, 0.3) is 0 Å². The van der Waals surface area contributed by atoms with Crippen molar-refractivity contribution in [2.75, 3.05) is 6.61 Å². The van der Waals surface area contributed by atoms with E-state index in [1.54, 1.807) is 12.1 Å². The Bertz CT molecular complexity index is 447. The monoisotopic (exact) mass is 272 g/mol. The second-order valence-corrected chi connectivity index (χ2v) is 4.56. The largest absolute Gasteiger partial charge is 0.485 e. The molecule has 5 nitrogen and oxygen atoms in total. The van der Waals surface area contributed by atoms with Crippen molar-refractivity contribution in [2.24, 2.45) is 5.73 Å². The van der Waals surface area contributed by atoms with Crippen LogP contribution >= 0.6 is 12.4 Å². The minimum atomic E-state index is -0.412. The Morgan fingerprint density at radius 3 is 2.67 bits per heavy atom. The number of benzene rings is 1. The molecule has 0 spiro atoms. The molecule has 18 heavy (non-hydrogen) atoms. The molecule has 1 aliphatic rings. The van der Waals surface area contributed by atoms with Crippen LogP contribution in [0.4, 0.5) is 5.69 Å². The number of nitrogens with two attached hydrogens (primary N) is 1. The summed E-state index contributed by atoms with van der Waals surface area (Å²) in [6.07, 6.45) is 2.61. The Morgan fingerprint density at radius 2 is 2.17 bits per heavy atom. The second kappa shape index (κ2) is 5.54. The predicted molar refractivity (Wildman–Crippen MR) is 71.4 cm³/mol. The minimum absolute atomic E-state index is 0. The molecule has 1 aromatic carbocycles. The van der Waals surface area contributed by atoms with Gasteiger partial charge in [-0.2, -0.15) is 0 Å². The molecule has 0 unspecified atom stereocenters. The standard InChI is InChI=1S/C12H16N2O3.ClH/c1-2-9-3-4-11(10(7-9)14(15)16)17-8-12(13)5-6-12;/h3-4,7H,2,5-6,8,13H2,1H3;1H. The van der Waals surface area contributed by atoms with Crippen LogP contribution in [0.25, 0.3) is 0 Å². The first kappa shape index (κ1) is 14.7. The number of nitro benzene ring substituents is 1. The maximum Gasteiger partial charge on any atom is 0.311 e. The van der Waals surface area contributed by atoms with E-state index in [-0.39, 0.29) is 23.6 Å². The first-order valence-corrected chi connectivity index (χ1v) is 5.73. The van der Waals surface area contributed by atoms with E-state index >= 15 is 0 Å². The van der Waals surface area contributed by atoms with Crippen LogP contribution in [-0.4, -0.2) is 17.1 Å². The first-order chi connectivity index (χ1) is 8.04. The molecule has 1 aromatic rings. The van der Waals surface area contributed by atoms with Gasteiger partial charge in [-0.1, -0.05) is 13.0 Å². The van der Waals surface area contributed by atoms with Gasteiger partial charge in [0, 0.05) is 6.07 Å². The smallest absolute Gasteiger partial charge is 0.311 e. The highest BCUT2D eigenvalue weighted by Crippen LogP contribution is 2.35. The highest BCUT2D eigenvalue weighted by Gasteiger charge is 2.39. The molecule has 6 heteroatoms. The van der Waals surface area contributed by atoms with Crippen LogP contribution in [0.3, 0.4) is 0 Å². The second-order valence-electron chi connectivity index (χ2n) is 4.56. The summed E-state index contributed by atoms with van der Waals surface area (Å²) in [6, 6.07) is 5.06. The lowest BCUT2D eigenvalue weighted by molar-refractivity contribution is -0.385. The van der Waals surface area contributed by atoms with Crippen LogP contribution in [0.5, 0.6) is 5.75 Å². The molecule has 0 aliphatic heterocycles. The molecular weight excluding hydrogens is 256 g/mol. The number of hydrogen-bond donors (Lipinski definition) is 1. The van der Waals surface area contributed by atoms with Gasteiger partial charge in [0.05, 0.1) is 10.5 Å². The Hall–Kier alpha value is -1.33. The lowest BCUT2D eigenvalue weighted by atomic mass is 10.1. The van der Waals surface area contributed by atoms with Crippen molar-refractivity contribution in [2.45, 2.75) is 31.7 Å². The van der Waals surface area contributed by atoms with Crippen LogP contribution in [0.2, 0.25) is 0 Å². The number of aryl methyl sites for hydroxylation is 1. The van der Waals surface area contributed by atoms with Gasteiger partial charge in [0.2, 0.25) is 0 Å². The fourth-order valence-electron chi connectivity index (χ4n) is 1.57. The molecule has 0 heterocycles. The number of nitro groups is 1. The van der Waals surface area contributed by atoms with Gasteiger partial charge in [0.15, 0.2) is 5.75 Å². The Kier molecular flexibility index (Phi) is 4.53. The van der Waals surface area contributed by atoms with Crippen molar-refractivity contribution >= 4 is 18.1 Å². The number of nitrogens with zero attached hydrogens (tertiary/aromatic N) is 1. The fourth-order valence-corrected chi connectivity index (χ4v) is 1.57. The summed E-state index contributed by atoms with van der Waals surface area (Å²) in [7, 11) is 0. The van der Waals surface area contributed by atoms with Gasteiger partial charge < -0.3 is 10.5 Å². The van der Waals surface area contributed by atoms with E-state index in [9.17, 15) is 10.1 Å². The van der Waals surface area contributed by atoms with Crippen LogP contribution in [0.1, 0.15) is 25.3 Å². The lowest BCUT2D eigenvalue weighted by Gasteiger charge is -2.11. The molecule has 1 saturated carbocycles. The summed E-state index contributed by atoms with van der Waals surface area (Å²) in [6.45, 7) is 2.30. The lowest BCUT2D eigenvalue weighted by Crippen LogP contribution is -2.29. The predicted octanol–water partition coefficient (Wildman–Crippen LogP) is 2.45. The highest BCUT2D eigenvalue weighted by atomic mass is 35.5. The average Bonchev–Trinajstić information content (AvgIpc) is 3.05. The number of ether oxygens (including phenoxy) is 1. The SMILES string of the molecule is CCc1ccc(OCC2(N)CC2)c([N+](=O)[O-])c1.Cl. The van der Waals surface area contributed by atoms with Crippen molar-refractivity contribution in [3.05, 3.63) is 33.9 Å². The Balaban J connectivity index is 0.00000162. The third-order valence-corrected chi connectivity index (χ3v) is 3.04. The maximum absolute atomic E-state index is 10.9. The third kappa shape index (κ3) is 3.34. The fraction of sp³-hybridized carbons (Fsp3) is 0.500. The summed E-state index contributed by atoms with van der Waals surface area (Å²) in [5.74, 6) is 0.309. The van der Waals surface area contributed by atoms with Crippen molar-refractivity contribution in [3.63, 3.8) is 0 Å². The molecule has 0 aromatic heterocycles. The van der Waals surface area contributed by atoms with Crippen LogP contribution in [0.15, 0.2) is 18.2 Å². The molecule has 1 aliphatic carbocycles. The summed E-state index contributed by atoms with van der Waals surface area (Å²) in [5, 5.41) is 10.9. The molecular formula is C12H17ClN2O3. The molecule has 0 bridgehead atoms. The van der Waals surface area contributed by atoms with Gasteiger partial charge in [0.1, 0.15) is 6.61 Å². The van der Waals surface area contributed by atoms with Gasteiger partial charge in [-0.25, -0.2) is 0 Å². The van der Waals surface area contributed by atoms with Crippen molar-refractivity contribution in [1.29, 1.82) is 0 Å². The molecule has 2 rings (SSSR count). The zero-order valence-corrected chi connectivity index (χ0v) is 11.0. The summed E-state index contributed by atoms with van der Waals surface area (Å²) in [4.78, 5) is 10.5. The van der Waals surface area contributed by atoms with Gasteiger partial charge in [-0.3, -0.25) is 10.1 Å². The van der Waals surface area contributed by atoms with Gasteiger partial charge >= 0.3 is 5.69 Å². The van der Waals surface area contributed by atoms with E-state index in [4.69, 9.17) is 10.5 Å². The summed E-state index contributed by atoms with van der Waals surface area (Å²) in [5.41, 5.74) is 6.57. The van der Waals surface area contributed by atoms with Gasteiger partial charge in [-0.15, -0.1) is 12.4 Å². The molecule has 0 amide bonds. The van der Waals surface area contributed by atoms with Crippen LogP contribution < -0.4 is 10.5 Å². The van der Waals surface area contributed by atoms with Crippen molar-refractivity contribution in [1.82, 2.24) is 0 Å². The van der Waals surface area contributed by atoms with E-state index in [1.165, 1.54) is 0 Å². The minimum Gasteiger partial charge on any atom is -0.485 e.